The summed E-state index contributed by atoms with van der Waals surface area (Å²) in [6.07, 6.45) is 5.14. The summed E-state index contributed by atoms with van der Waals surface area (Å²) in [5.41, 5.74) is 0.464. The SMILES string of the molecule is C#Cc1ccc(F)c(F)c1N(C)C. The second-order valence-electron chi connectivity index (χ2n) is 2.80. The van der Waals surface area contributed by atoms with E-state index in [1.54, 1.807) is 14.1 Å². The quantitative estimate of drug-likeness (QED) is 0.599. The summed E-state index contributed by atoms with van der Waals surface area (Å²) in [7, 11) is 3.22. The first-order valence-corrected chi connectivity index (χ1v) is 3.70. The summed E-state index contributed by atoms with van der Waals surface area (Å²) >= 11 is 0. The number of halogens is 2. The van der Waals surface area contributed by atoms with Crippen LogP contribution in [0.2, 0.25) is 0 Å². The van der Waals surface area contributed by atoms with Gasteiger partial charge in [-0.15, -0.1) is 6.42 Å². The first-order chi connectivity index (χ1) is 6.07. The van der Waals surface area contributed by atoms with Crippen LogP contribution >= 0.6 is 0 Å². The summed E-state index contributed by atoms with van der Waals surface area (Å²) in [6, 6.07) is 2.41. The molecule has 0 aliphatic heterocycles. The second kappa shape index (κ2) is 3.44. The lowest BCUT2D eigenvalue weighted by Crippen LogP contribution is -2.13. The molecular weight excluding hydrogens is 172 g/mol. The van der Waals surface area contributed by atoms with Gasteiger partial charge in [-0.05, 0) is 12.1 Å². The minimum absolute atomic E-state index is 0.113. The number of rotatable bonds is 1. The van der Waals surface area contributed by atoms with E-state index in [0.29, 0.717) is 5.56 Å². The maximum atomic E-state index is 13.2. The zero-order chi connectivity index (χ0) is 10.0. The highest BCUT2D eigenvalue weighted by molar-refractivity contribution is 5.60. The van der Waals surface area contributed by atoms with E-state index >= 15 is 0 Å². The van der Waals surface area contributed by atoms with Crippen LogP contribution in [0.4, 0.5) is 14.5 Å². The highest BCUT2D eigenvalue weighted by Crippen LogP contribution is 2.23. The molecule has 0 saturated carbocycles. The first kappa shape index (κ1) is 9.53. The standard InChI is InChI=1S/C10H9F2N/c1-4-7-5-6-8(11)9(12)10(7)13(2)3/h1,5-6H,2-3H3. The molecular formula is C10H9F2N. The van der Waals surface area contributed by atoms with Crippen LogP contribution in [0.1, 0.15) is 5.56 Å². The summed E-state index contributed by atoms with van der Waals surface area (Å²) in [5, 5.41) is 0. The van der Waals surface area contributed by atoms with Crippen LogP contribution in [0, 0.1) is 24.0 Å². The molecule has 68 valence electrons. The van der Waals surface area contributed by atoms with Crippen molar-refractivity contribution in [3.05, 3.63) is 29.3 Å². The number of benzene rings is 1. The van der Waals surface area contributed by atoms with E-state index in [0.717, 1.165) is 6.07 Å². The molecule has 0 aliphatic rings. The molecule has 0 amide bonds. The van der Waals surface area contributed by atoms with Gasteiger partial charge in [0.05, 0.1) is 11.3 Å². The number of hydrogen-bond acceptors (Lipinski definition) is 1. The minimum atomic E-state index is -0.902. The van der Waals surface area contributed by atoms with Gasteiger partial charge in [-0.25, -0.2) is 8.78 Å². The average Bonchev–Trinajstić information content (AvgIpc) is 2.08. The Morgan fingerprint density at radius 1 is 1.31 bits per heavy atom. The van der Waals surface area contributed by atoms with Gasteiger partial charge in [-0.2, -0.15) is 0 Å². The third-order valence-electron chi connectivity index (χ3n) is 1.67. The fraction of sp³-hybridized carbons (Fsp3) is 0.200. The van der Waals surface area contributed by atoms with Gasteiger partial charge in [0, 0.05) is 14.1 Å². The maximum absolute atomic E-state index is 13.2. The number of anilines is 1. The van der Waals surface area contributed by atoms with Crippen molar-refractivity contribution < 1.29 is 8.78 Å². The van der Waals surface area contributed by atoms with Crippen LogP contribution in [0.3, 0.4) is 0 Å². The number of terminal acetylenes is 1. The predicted octanol–water partition coefficient (Wildman–Crippen LogP) is 2.01. The molecule has 0 spiro atoms. The summed E-state index contributed by atoms with van der Waals surface area (Å²) in [5.74, 6) is 0.508. The molecule has 0 fully saturated rings. The lowest BCUT2D eigenvalue weighted by Gasteiger charge is -2.15. The molecule has 0 aliphatic carbocycles. The number of nitrogens with zero attached hydrogens (tertiary/aromatic N) is 1. The van der Waals surface area contributed by atoms with Crippen LogP contribution in [0.25, 0.3) is 0 Å². The van der Waals surface area contributed by atoms with Crippen LogP contribution < -0.4 is 4.90 Å². The summed E-state index contributed by atoms with van der Waals surface area (Å²) < 4.78 is 26.0. The van der Waals surface area contributed by atoms with E-state index in [2.05, 4.69) is 5.92 Å². The van der Waals surface area contributed by atoms with Crippen molar-refractivity contribution in [2.45, 2.75) is 0 Å². The lowest BCUT2D eigenvalue weighted by molar-refractivity contribution is 0.508. The molecule has 3 heteroatoms. The highest BCUT2D eigenvalue weighted by atomic mass is 19.2. The normalized spacial score (nSPS) is 9.46. The van der Waals surface area contributed by atoms with Gasteiger partial charge in [-0.1, -0.05) is 5.92 Å². The Balaban J connectivity index is 3.43. The molecule has 0 radical (unpaired) electrons. The van der Waals surface area contributed by atoms with Crippen molar-refractivity contribution in [1.29, 1.82) is 0 Å². The zero-order valence-electron chi connectivity index (χ0n) is 7.44. The molecule has 13 heavy (non-hydrogen) atoms. The van der Waals surface area contributed by atoms with Gasteiger partial charge >= 0.3 is 0 Å². The van der Waals surface area contributed by atoms with Crippen molar-refractivity contribution in [3.63, 3.8) is 0 Å². The van der Waals surface area contributed by atoms with Gasteiger partial charge in [0.1, 0.15) is 0 Å². The molecule has 0 aromatic heterocycles. The third-order valence-corrected chi connectivity index (χ3v) is 1.67. The predicted molar refractivity (Wildman–Crippen MR) is 48.6 cm³/mol. The van der Waals surface area contributed by atoms with Crippen molar-refractivity contribution in [3.8, 4) is 12.3 Å². The molecule has 0 atom stereocenters. The Hall–Kier alpha value is -1.56. The molecule has 1 rings (SSSR count). The Bertz CT molecular complexity index is 364. The van der Waals surface area contributed by atoms with Crippen molar-refractivity contribution in [2.75, 3.05) is 19.0 Å². The molecule has 0 bridgehead atoms. The molecule has 0 heterocycles. The van der Waals surface area contributed by atoms with Crippen molar-refractivity contribution >= 4 is 5.69 Å². The summed E-state index contributed by atoms with van der Waals surface area (Å²) in [4.78, 5) is 1.45. The van der Waals surface area contributed by atoms with Gasteiger partial charge < -0.3 is 4.90 Å². The van der Waals surface area contributed by atoms with E-state index < -0.39 is 11.6 Å². The monoisotopic (exact) mass is 181 g/mol. The smallest absolute Gasteiger partial charge is 0.183 e. The molecule has 0 saturated heterocycles. The average molecular weight is 181 g/mol. The Kier molecular flexibility index (Phi) is 2.52. The van der Waals surface area contributed by atoms with Gasteiger partial charge in [-0.3, -0.25) is 0 Å². The van der Waals surface area contributed by atoms with Gasteiger partial charge in [0.2, 0.25) is 0 Å². The Labute approximate surface area is 76.0 Å². The zero-order valence-corrected chi connectivity index (χ0v) is 7.44. The molecule has 1 aromatic carbocycles. The minimum Gasteiger partial charge on any atom is -0.374 e. The van der Waals surface area contributed by atoms with Gasteiger partial charge in [0.25, 0.3) is 0 Å². The van der Waals surface area contributed by atoms with E-state index in [9.17, 15) is 8.78 Å². The highest BCUT2D eigenvalue weighted by Gasteiger charge is 2.13. The third kappa shape index (κ3) is 1.62. The second-order valence-corrected chi connectivity index (χ2v) is 2.80. The van der Waals surface area contributed by atoms with Crippen LogP contribution in [-0.4, -0.2) is 14.1 Å². The van der Waals surface area contributed by atoms with E-state index in [1.807, 2.05) is 0 Å². The van der Waals surface area contributed by atoms with E-state index in [-0.39, 0.29) is 5.69 Å². The van der Waals surface area contributed by atoms with Crippen molar-refractivity contribution in [2.24, 2.45) is 0 Å². The first-order valence-electron chi connectivity index (χ1n) is 3.70. The van der Waals surface area contributed by atoms with Gasteiger partial charge in [0.15, 0.2) is 11.6 Å². The molecule has 1 aromatic rings. The fourth-order valence-corrected chi connectivity index (χ4v) is 1.09. The molecule has 1 nitrogen and oxygen atoms in total. The van der Waals surface area contributed by atoms with Crippen LogP contribution in [-0.2, 0) is 0 Å². The fourth-order valence-electron chi connectivity index (χ4n) is 1.09. The van der Waals surface area contributed by atoms with E-state index in [4.69, 9.17) is 6.42 Å². The Morgan fingerprint density at radius 2 is 1.92 bits per heavy atom. The lowest BCUT2D eigenvalue weighted by atomic mass is 10.1. The van der Waals surface area contributed by atoms with Crippen molar-refractivity contribution in [1.82, 2.24) is 0 Å². The van der Waals surface area contributed by atoms with Crippen LogP contribution in [0.15, 0.2) is 12.1 Å². The van der Waals surface area contributed by atoms with Crippen LogP contribution in [0.5, 0.6) is 0 Å². The topological polar surface area (TPSA) is 3.24 Å². The maximum Gasteiger partial charge on any atom is 0.183 e. The molecule has 0 N–H and O–H groups in total. The summed E-state index contributed by atoms with van der Waals surface area (Å²) in [6.45, 7) is 0. The van der Waals surface area contributed by atoms with E-state index in [1.165, 1.54) is 11.0 Å². The number of hydrogen-bond donors (Lipinski definition) is 0. The molecule has 0 unspecified atom stereocenters. The largest absolute Gasteiger partial charge is 0.374 e. The Morgan fingerprint density at radius 3 is 2.38 bits per heavy atom.